The number of halogens is 1. The van der Waals surface area contributed by atoms with Crippen LogP contribution in [0.1, 0.15) is 24.3 Å². The van der Waals surface area contributed by atoms with Gasteiger partial charge in [-0.25, -0.2) is 4.39 Å². The van der Waals surface area contributed by atoms with E-state index in [1.165, 1.54) is 0 Å². The van der Waals surface area contributed by atoms with Crippen molar-refractivity contribution in [3.05, 3.63) is 42.2 Å². The Kier molecular flexibility index (Phi) is 2.53. The third-order valence-electron chi connectivity index (χ3n) is 2.47. The maximum absolute atomic E-state index is 13.5. The van der Waals surface area contributed by atoms with Gasteiger partial charge in [0.2, 0.25) is 0 Å². The summed E-state index contributed by atoms with van der Waals surface area (Å²) in [6, 6.07) is 5.38. The van der Waals surface area contributed by atoms with E-state index in [1.54, 1.807) is 12.1 Å². The van der Waals surface area contributed by atoms with E-state index in [2.05, 4.69) is 11.9 Å². The fourth-order valence-corrected chi connectivity index (χ4v) is 1.55. The summed E-state index contributed by atoms with van der Waals surface area (Å²) >= 11 is 0. The molecule has 0 bridgehead atoms. The average Bonchev–Trinajstić information content (AvgIpc) is 2.98. The molecule has 0 saturated heterocycles. The standard InChI is InChI=1S/C12H14FN/c1-2-7-14-10-5-6-11(9-3-4-9)12(13)8-10/h2,5-6,8-9,14H,1,3-4,7H2. The summed E-state index contributed by atoms with van der Waals surface area (Å²) in [7, 11) is 0. The summed E-state index contributed by atoms with van der Waals surface area (Å²) in [4.78, 5) is 0. The molecular weight excluding hydrogens is 177 g/mol. The number of nitrogens with one attached hydrogen (secondary N) is 1. The van der Waals surface area contributed by atoms with Gasteiger partial charge in [0, 0.05) is 12.2 Å². The largest absolute Gasteiger partial charge is 0.382 e. The SMILES string of the molecule is C=CCNc1ccc(C2CC2)c(F)c1. The summed E-state index contributed by atoms with van der Waals surface area (Å²) in [5.74, 6) is 0.394. The van der Waals surface area contributed by atoms with Crippen LogP contribution in [0.4, 0.5) is 10.1 Å². The molecule has 2 rings (SSSR count). The van der Waals surface area contributed by atoms with E-state index in [0.717, 1.165) is 24.1 Å². The van der Waals surface area contributed by atoms with Crippen molar-refractivity contribution in [2.45, 2.75) is 18.8 Å². The molecule has 1 N–H and O–H groups in total. The Labute approximate surface area is 83.6 Å². The predicted molar refractivity (Wildman–Crippen MR) is 57.1 cm³/mol. The van der Waals surface area contributed by atoms with Gasteiger partial charge in [-0.1, -0.05) is 12.1 Å². The summed E-state index contributed by atoms with van der Waals surface area (Å²) in [5.41, 5.74) is 1.70. The van der Waals surface area contributed by atoms with Gasteiger partial charge in [-0.15, -0.1) is 6.58 Å². The van der Waals surface area contributed by atoms with Crippen LogP contribution in [0.2, 0.25) is 0 Å². The molecule has 1 aromatic rings. The van der Waals surface area contributed by atoms with Crippen LogP contribution in [0.3, 0.4) is 0 Å². The van der Waals surface area contributed by atoms with Crippen molar-refractivity contribution in [3.63, 3.8) is 0 Å². The fourth-order valence-electron chi connectivity index (χ4n) is 1.55. The van der Waals surface area contributed by atoms with Gasteiger partial charge in [-0.05, 0) is 36.5 Å². The van der Waals surface area contributed by atoms with Crippen LogP contribution < -0.4 is 5.32 Å². The number of benzene rings is 1. The minimum absolute atomic E-state index is 0.0819. The van der Waals surface area contributed by atoms with Crippen LogP contribution >= 0.6 is 0 Å². The van der Waals surface area contributed by atoms with Gasteiger partial charge in [0.25, 0.3) is 0 Å². The Morgan fingerprint density at radius 3 is 2.86 bits per heavy atom. The first-order valence-corrected chi connectivity index (χ1v) is 4.95. The molecule has 2 heteroatoms. The Bertz CT molecular complexity index is 342. The molecule has 0 amide bonds. The van der Waals surface area contributed by atoms with E-state index >= 15 is 0 Å². The van der Waals surface area contributed by atoms with E-state index < -0.39 is 0 Å². The van der Waals surface area contributed by atoms with Crippen LogP contribution in [-0.4, -0.2) is 6.54 Å². The van der Waals surface area contributed by atoms with Crippen molar-refractivity contribution in [2.75, 3.05) is 11.9 Å². The Hall–Kier alpha value is -1.31. The zero-order chi connectivity index (χ0) is 9.97. The molecule has 0 spiro atoms. The van der Waals surface area contributed by atoms with E-state index in [9.17, 15) is 4.39 Å². The summed E-state index contributed by atoms with van der Waals surface area (Å²) in [5, 5.41) is 3.06. The molecule has 0 unspecified atom stereocenters. The third-order valence-corrected chi connectivity index (χ3v) is 2.47. The summed E-state index contributed by atoms with van der Waals surface area (Å²) < 4.78 is 13.5. The van der Waals surface area contributed by atoms with Crippen LogP contribution in [0.15, 0.2) is 30.9 Å². The highest BCUT2D eigenvalue weighted by Gasteiger charge is 2.26. The second kappa shape index (κ2) is 3.82. The van der Waals surface area contributed by atoms with Crippen LogP contribution in [0.25, 0.3) is 0 Å². The van der Waals surface area contributed by atoms with Gasteiger partial charge in [-0.3, -0.25) is 0 Å². The van der Waals surface area contributed by atoms with E-state index in [1.807, 2.05) is 12.1 Å². The van der Waals surface area contributed by atoms with Crippen molar-refractivity contribution in [2.24, 2.45) is 0 Å². The first-order valence-electron chi connectivity index (χ1n) is 4.95. The Morgan fingerprint density at radius 2 is 2.29 bits per heavy atom. The first kappa shape index (κ1) is 9.25. The molecule has 0 aliphatic heterocycles. The number of rotatable bonds is 4. The smallest absolute Gasteiger partial charge is 0.128 e. The van der Waals surface area contributed by atoms with Gasteiger partial charge in [0.1, 0.15) is 5.82 Å². The van der Waals surface area contributed by atoms with Gasteiger partial charge >= 0.3 is 0 Å². The number of hydrogen-bond donors (Lipinski definition) is 1. The minimum atomic E-state index is -0.0819. The zero-order valence-corrected chi connectivity index (χ0v) is 8.09. The molecule has 0 aromatic heterocycles. The molecule has 0 heterocycles. The molecule has 1 aromatic carbocycles. The molecule has 1 aliphatic carbocycles. The molecule has 1 aliphatic rings. The minimum Gasteiger partial charge on any atom is -0.382 e. The van der Waals surface area contributed by atoms with Crippen molar-refractivity contribution >= 4 is 5.69 Å². The lowest BCUT2D eigenvalue weighted by atomic mass is 10.1. The van der Waals surface area contributed by atoms with Crippen LogP contribution in [0, 0.1) is 5.82 Å². The van der Waals surface area contributed by atoms with Crippen LogP contribution in [-0.2, 0) is 0 Å². The highest BCUT2D eigenvalue weighted by molar-refractivity contribution is 5.47. The molecule has 1 nitrogen and oxygen atoms in total. The van der Waals surface area contributed by atoms with Crippen molar-refractivity contribution in [1.29, 1.82) is 0 Å². The molecule has 1 fully saturated rings. The zero-order valence-electron chi connectivity index (χ0n) is 8.09. The van der Waals surface area contributed by atoms with Gasteiger partial charge < -0.3 is 5.32 Å². The molecule has 14 heavy (non-hydrogen) atoms. The maximum atomic E-state index is 13.5. The summed E-state index contributed by atoms with van der Waals surface area (Å²) in [6.45, 7) is 4.27. The van der Waals surface area contributed by atoms with Crippen LogP contribution in [0.5, 0.6) is 0 Å². The highest BCUT2D eigenvalue weighted by Crippen LogP contribution is 2.41. The van der Waals surface area contributed by atoms with E-state index in [4.69, 9.17) is 0 Å². The second-order valence-corrected chi connectivity index (χ2v) is 3.68. The lowest BCUT2D eigenvalue weighted by Crippen LogP contribution is -1.99. The van der Waals surface area contributed by atoms with Crippen molar-refractivity contribution in [3.8, 4) is 0 Å². The highest BCUT2D eigenvalue weighted by atomic mass is 19.1. The van der Waals surface area contributed by atoms with Crippen molar-refractivity contribution in [1.82, 2.24) is 0 Å². The number of anilines is 1. The lowest BCUT2D eigenvalue weighted by molar-refractivity contribution is 0.611. The Morgan fingerprint density at radius 1 is 1.50 bits per heavy atom. The number of hydrogen-bond acceptors (Lipinski definition) is 1. The Balaban J connectivity index is 2.12. The lowest BCUT2D eigenvalue weighted by Gasteiger charge is -2.06. The van der Waals surface area contributed by atoms with E-state index in [0.29, 0.717) is 12.5 Å². The van der Waals surface area contributed by atoms with E-state index in [-0.39, 0.29) is 5.82 Å². The first-order chi connectivity index (χ1) is 6.81. The topological polar surface area (TPSA) is 12.0 Å². The molecule has 0 atom stereocenters. The predicted octanol–water partition coefficient (Wildman–Crippen LogP) is 3.30. The summed E-state index contributed by atoms with van der Waals surface area (Å²) in [6.07, 6.45) is 4.03. The monoisotopic (exact) mass is 191 g/mol. The van der Waals surface area contributed by atoms with Crippen molar-refractivity contribution < 1.29 is 4.39 Å². The van der Waals surface area contributed by atoms with Gasteiger partial charge in [0.15, 0.2) is 0 Å². The average molecular weight is 191 g/mol. The van der Waals surface area contributed by atoms with Gasteiger partial charge in [0.05, 0.1) is 0 Å². The van der Waals surface area contributed by atoms with Gasteiger partial charge in [-0.2, -0.15) is 0 Å². The quantitative estimate of drug-likeness (QED) is 0.720. The second-order valence-electron chi connectivity index (χ2n) is 3.68. The third kappa shape index (κ3) is 1.95. The maximum Gasteiger partial charge on any atom is 0.128 e. The molecular formula is C12H14FN. The normalized spacial score (nSPS) is 15.2. The fraction of sp³-hybridized carbons (Fsp3) is 0.333. The molecule has 0 radical (unpaired) electrons. The molecule has 74 valence electrons. The molecule has 1 saturated carbocycles.